The van der Waals surface area contributed by atoms with Crippen LogP contribution in [0, 0.1) is 5.92 Å². The molecular weight excluding hydrogens is 398 g/mol. The van der Waals surface area contributed by atoms with Crippen molar-refractivity contribution >= 4 is 23.3 Å². The third kappa shape index (κ3) is 4.86. The van der Waals surface area contributed by atoms with Gasteiger partial charge in [0, 0.05) is 11.5 Å². The van der Waals surface area contributed by atoms with E-state index in [9.17, 15) is 14.4 Å². The Morgan fingerprint density at radius 2 is 1.71 bits per heavy atom. The lowest BCUT2D eigenvalue weighted by atomic mass is 9.88. The number of ketones is 1. The van der Waals surface area contributed by atoms with Gasteiger partial charge < -0.3 is 20.5 Å². The number of fused-ring (bicyclic) bond motifs is 1. The Labute approximate surface area is 180 Å². The van der Waals surface area contributed by atoms with Crippen molar-refractivity contribution in [2.24, 2.45) is 11.7 Å². The van der Waals surface area contributed by atoms with Crippen LogP contribution in [-0.2, 0) is 4.79 Å². The molecule has 31 heavy (non-hydrogen) atoms. The minimum atomic E-state index is -0.589. The van der Waals surface area contributed by atoms with Gasteiger partial charge in [0.15, 0.2) is 17.3 Å². The van der Waals surface area contributed by atoms with Gasteiger partial charge in [0.2, 0.25) is 5.91 Å². The summed E-state index contributed by atoms with van der Waals surface area (Å²) in [6, 6.07) is 12.0. The number of Topliss-reactive ketones (excluding diaryl/α,β-unsaturated/α-hetero) is 1. The molecule has 8 heteroatoms. The van der Waals surface area contributed by atoms with Crippen LogP contribution in [-0.4, -0.2) is 55.3 Å². The number of anilines is 1. The van der Waals surface area contributed by atoms with E-state index in [4.69, 9.17) is 15.2 Å². The molecule has 0 aromatic heterocycles. The van der Waals surface area contributed by atoms with Crippen LogP contribution in [0.15, 0.2) is 42.5 Å². The highest BCUT2D eigenvalue weighted by Crippen LogP contribution is 2.32. The van der Waals surface area contributed by atoms with Gasteiger partial charge in [-0.1, -0.05) is 12.1 Å². The molecule has 1 saturated heterocycles. The van der Waals surface area contributed by atoms with Crippen molar-refractivity contribution in [3.05, 3.63) is 53.6 Å². The van der Waals surface area contributed by atoms with Gasteiger partial charge in [0.25, 0.3) is 5.91 Å². The second-order valence-electron chi connectivity index (χ2n) is 7.73. The van der Waals surface area contributed by atoms with Crippen molar-refractivity contribution in [1.29, 1.82) is 0 Å². The molecule has 4 rings (SSSR count). The van der Waals surface area contributed by atoms with E-state index in [0.29, 0.717) is 61.9 Å². The summed E-state index contributed by atoms with van der Waals surface area (Å²) >= 11 is 0. The molecule has 2 aromatic carbocycles. The first-order valence-corrected chi connectivity index (χ1v) is 10.4. The normalized spacial score (nSPS) is 16.5. The molecule has 0 bridgehead atoms. The third-order valence-electron chi connectivity index (χ3n) is 5.62. The van der Waals surface area contributed by atoms with Gasteiger partial charge in [-0.15, -0.1) is 0 Å². The number of amides is 2. The smallest absolute Gasteiger partial charge is 0.250 e. The molecule has 0 atom stereocenters. The maximum atomic E-state index is 12.9. The number of para-hydroxylation sites is 1. The SMILES string of the molecule is NC(=O)c1ccccc1NC(=O)CN1CCC(C(=O)c2ccc3c(c2)OCCO3)CC1. The van der Waals surface area contributed by atoms with Gasteiger partial charge in [-0.2, -0.15) is 0 Å². The maximum absolute atomic E-state index is 12.9. The maximum Gasteiger partial charge on any atom is 0.250 e. The number of hydrogen-bond donors (Lipinski definition) is 2. The number of nitrogens with one attached hydrogen (secondary N) is 1. The van der Waals surface area contributed by atoms with E-state index in [1.54, 1.807) is 42.5 Å². The number of ether oxygens (including phenoxy) is 2. The van der Waals surface area contributed by atoms with Crippen LogP contribution >= 0.6 is 0 Å². The van der Waals surface area contributed by atoms with Crippen LogP contribution in [0.3, 0.4) is 0 Å². The Morgan fingerprint density at radius 3 is 2.45 bits per heavy atom. The minimum Gasteiger partial charge on any atom is -0.486 e. The Bertz CT molecular complexity index is 998. The van der Waals surface area contributed by atoms with Gasteiger partial charge in [-0.25, -0.2) is 0 Å². The molecule has 2 aromatic rings. The highest BCUT2D eigenvalue weighted by molar-refractivity contribution is 6.03. The predicted molar refractivity (Wildman–Crippen MR) is 115 cm³/mol. The number of carbonyl (C=O) groups is 3. The number of piperidine rings is 1. The van der Waals surface area contributed by atoms with Crippen LogP contribution in [0.4, 0.5) is 5.69 Å². The molecular formula is C23H25N3O5. The molecule has 0 spiro atoms. The molecule has 3 N–H and O–H groups in total. The monoisotopic (exact) mass is 423 g/mol. The van der Waals surface area contributed by atoms with Crippen molar-refractivity contribution in [2.75, 3.05) is 38.2 Å². The van der Waals surface area contributed by atoms with E-state index in [0.717, 1.165) is 0 Å². The van der Waals surface area contributed by atoms with E-state index in [1.807, 2.05) is 4.90 Å². The number of rotatable bonds is 6. The van der Waals surface area contributed by atoms with Gasteiger partial charge in [-0.05, 0) is 56.3 Å². The predicted octanol–water partition coefficient (Wildman–Crippen LogP) is 2.09. The number of likely N-dealkylation sites (tertiary alicyclic amines) is 1. The summed E-state index contributed by atoms with van der Waals surface area (Å²) in [7, 11) is 0. The number of hydrogen-bond acceptors (Lipinski definition) is 6. The molecule has 0 aliphatic carbocycles. The summed E-state index contributed by atoms with van der Waals surface area (Å²) in [5, 5.41) is 2.75. The van der Waals surface area contributed by atoms with Crippen LogP contribution in [0.2, 0.25) is 0 Å². The molecule has 2 heterocycles. The van der Waals surface area contributed by atoms with E-state index < -0.39 is 5.91 Å². The van der Waals surface area contributed by atoms with Crippen LogP contribution in [0.25, 0.3) is 0 Å². The molecule has 2 amide bonds. The van der Waals surface area contributed by atoms with Crippen LogP contribution < -0.4 is 20.5 Å². The van der Waals surface area contributed by atoms with Gasteiger partial charge in [-0.3, -0.25) is 19.3 Å². The quantitative estimate of drug-likeness (QED) is 0.689. The summed E-state index contributed by atoms with van der Waals surface area (Å²) in [5.41, 5.74) is 6.67. The first-order chi connectivity index (χ1) is 15.0. The molecule has 0 unspecified atom stereocenters. The largest absolute Gasteiger partial charge is 0.486 e. The van der Waals surface area contributed by atoms with Crippen molar-refractivity contribution in [2.45, 2.75) is 12.8 Å². The number of benzene rings is 2. The van der Waals surface area contributed by atoms with Crippen molar-refractivity contribution in [3.63, 3.8) is 0 Å². The molecule has 8 nitrogen and oxygen atoms in total. The number of primary amides is 1. The van der Waals surface area contributed by atoms with E-state index in [2.05, 4.69) is 5.32 Å². The lowest BCUT2D eigenvalue weighted by Gasteiger charge is -2.31. The summed E-state index contributed by atoms with van der Waals surface area (Å²) in [5.74, 6) is 0.484. The van der Waals surface area contributed by atoms with Crippen molar-refractivity contribution in [3.8, 4) is 11.5 Å². The summed E-state index contributed by atoms with van der Waals surface area (Å²) in [6.07, 6.45) is 1.36. The summed E-state index contributed by atoms with van der Waals surface area (Å²) < 4.78 is 11.1. The van der Waals surface area contributed by atoms with Crippen molar-refractivity contribution in [1.82, 2.24) is 4.90 Å². The summed E-state index contributed by atoms with van der Waals surface area (Å²) in [4.78, 5) is 38.9. The highest BCUT2D eigenvalue weighted by Gasteiger charge is 2.27. The Kier molecular flexibility index (Phi) is 6.18. The zero-order valence-electron chi connectivity index (χ0n) is 17.1. The van der Waals surface area contributed by atoms with Gasteiger partial charge >= 0.3 is 0 Å². The number of carbonyl (C=O) groups excluding carboxylic acids is 3. The average Bonchev–Trinajstić information content (AvgIpc) is 2.79. The Balaban J connectivity index is 1.30. The fourth-order valence-electron chi connectivity index (χ4n) is 3.99. The second-order valence-corrected chi connectivity index (χ2v) is 7.73. The molecule has 0 radical (unpaired) electrons. The highest BCUT2D eigenvalue weighted by atomic mass is 16.6. The average molecular weight is 423 g/mol. The minimum absolute atomic E-state index is 0.0857. The fraction of sp³-hybridized carbons (Fsp3) is 0.348. The molecule has 2 aliphatic heterocycles. The first kappa shape index (κ1) is 20.9. The number of nitrogens with zero attached hydrogens (tertiary/aromatic N) is 1. The molecule has 162 valence electrons. The van der Waals surface area contributed by atoms with Crippen LogP contribution in [0.1, 0.15) is 33.6 Å². The summed E-state index contributed by atoms with van der Waals surface area (Å²) in [6.45, 7) is 2.48. The number of nitrogens with two attached hydrogens (primary N) is 1. The zero-order chi connectivity index (χ0) is 21.8. The standard InChI is InChI=1S/C23H25N3O5/c24-23(29)17-3-1-2-4-18(17)25-21(27)14-26-9-7-15(8-10-26)22(28)16-5-6-19-20(13-16)31-12-11-30-19/h1-6,13,15H,7-12,14H2,(H2,24,29)(H,25,27). The molecule has 1 fully saturated rings. The fourth-order valence-corrected chi connectivity index (χ4v) is 3.99. The van der Waals surface area contributed by atoms with E-state index in [-0.39, 0.29) is 29.7 Å². The topological polar surface area (TPSA) is 111 Å². The van der Waals surface area contributed by atoms with Crippen molar-refractivity contribution < 1.29 is 23.9 Å². The first-order valence-electron chi connectivity index (χ1n) is 10.4. The third-order valence-corrected chi connectivity index (χ3v) is 5.62. The van der Waals surface area contributed by atoms with Gasteiger partial charge in [0.05, 0.1) is 17.8 Å². The van der Waals surface area contributed by atoms with E-state index in [1.165, 1.54) is 0 Å². The molecule has 2 aliphatic rings. The Morgan fingerprint density at radius 1 is 1.00 bits per heavy atom. The van der Waals surface area contributed by atoms with E-state index >= 15 is 0 Å². The van der Waals surface area contributed by atoms with Gasteiger partial charge in [0.1, 0.15) is 13.2 Å². The zero-order valence-corrected chi connectivity index (χ0v) is 17.1. The van der Waals surface area contributed by atoms with Crippen LogP contribution in [0.5, 0.6) is 11.5 Å². The lowest BCUT2D eigenvalue weighted by molar-refractivity contribution is -0.117. The Hall–Kier alpha value is -3.39. The molecule has 0 saturated carbocycles. The lowest BCUT2D eigenvalue weighted by Crippen LogP contribution is -2.41. The second kappa shape index (κ2) is 9.18.